The van der Waals surface area contributed by atoms with Gasteiger partial charge in [-0.1, -0.05) is 58.7 Å². The summed E-state index contributed by atoms with van der Waals surface area (Å²) in [7, 11) is 0. The lowest BCUT2D eigenvalue weighted by Gasteiger charge is -2.09. The number of halogens is 2. The average molecular weight is 334 g/mol. The SMILES string of the molecule is OCc1nnn(Cc2cc(Cl)cc(Cl)c2)c1-c1ccccc1. The predicted molar refractivity (Wildman–Crippen MR) is 86.9 cm³/mol. The fourth-order valence-corrected chi connectivity index (χ4v) is 2.92. The first-order chi connectivity index (χ1) is 10.7. The molecule has 0 saturated heterocycles. The number of aliphatic hydroxyl groups excluding tert-OH is 1. The Labute approximate surface area is 137 Å². The van der Waals surface area contributed by atoms with Crippen molar-refractivity contribution in [1.29, 1.82) is 0 Å². The van der Waals surface area contributed by atoms with Crippen LogP contribution in [-0.4, -0.2) is 20.1 Å². The molecule has 22 heavy (non-hydrogen) atoms. The van der Waals surface area contributed by atoms with E-state index in [0.717, 1.165) is 16.8 Å². The van der Waals surface area contributed by atoms with E-state index < -0.39 is 0 Å². The van der Waals surface area contributed by atoms with Gasteiger partial charge in [0.05, 0.1) is 18.8 Å². The van der Waals surface area contributed by atoms with E-state index in [9.17, 15) is 5.11 Å². The number of hydrogen-bond donors (Lipinski definition) is 1. The first kappa shape index (κ1) is 15.0. The van der Waals surface area contributed by atoms with Crippen molar-refractivity contribution in [1.82, 2.24) is 15.0 Å². The molecule has 6 heteroatoms. The summed E-state index contributed by atoms with van der Waals surface area (Å²) in [6, 6.07) is 15.1. The molecule has 0 atom stereocenters. The van der Waals surface area contributed by atoms with Crippen LogP contribution in [0.5, 0.6) is 0 Å². The van der Waals surface area contributed by atoms with E-state index in [1.165, 1.54) is 0 Å². The number of aromatic nitrogens is 3. The molecule has 1 heterocycles. The normalized spacial score (nSPS) is 10.9. The minimum atomic E-state index is -0.166. The zero-order chi connectivity index (χ0) is 15.5. The summed E-state index contributed by atoms with van der Waals surface area (Å²) < 4.78 is 1.74. The summed E-state index contributed by atoms with van der Waals surface area (Å²) in [5.41, 5.74) is 3.20. The van der Waals surface area contributed by atoms with Crippen molar-refractivity contribution in [3.05, 3.63) is 69.8 Å². The third-order valence-electron chi connectivity index (χ3n) is 3.26. The Bertz CT molecular complexity index is 767. The average Bonchev–Trinajstić information content (AvgIpc) is 2.89. The molecule has 0 spiro atoms. The minimum absolute atomic E-state index is 0.166. The maximum absolute atomic E-state index is 9.49. The molecular formula is C16H13Cl2N3O. The fourth-order valence-electron chi connectivity index (χ4n) is 2.35. The van der Waals surface area contributed by atoms with Crippen LogP contribution in [0, 0.1) is 0 Å². The third kappa shape index (κ3) is 3.14. The number of aliphatic hydroxyl groups is 1. The van der Waals surface area contributed by atoms with Crippen LogP contribution in [0.1, 0.15) is 11.3 Å². The van der Waals surface area contributed by atoms with Crippen molar-refractivity contribution in [2.24, 2.45) is 0 Å². The molecule has 0 fully saturated rings. The van der Waals surface area contributed by atoms with Gasteiger partial charge in [0.2, 0.25) is 0 Å². The number of rotatable bonds is 4. The summed E-state index contributed by atoms with van der Waals surface area (Å²) in [6.07, 6.45) is 0. The fraction of sp³-hybridized carbons (Fsp3) is 0.125. The van der Waals surface area contributed by atoms with Gasteiger partial charge in [-0.15, -0.1) is 5.10 Å². The number of benzene rings is 2. The van der Waals surface area contributed by atoms with Crippen LogP contribution in [0.2, 0.25) is 10.0 Å². The zero-order valence-corrected chi connectivity index (χ0v) is 13.1. The van der Waals surface area contributed by atoms with Gasteiger partial charge in [0.1, 0.15) is 5.69 Å². The van der Waals surface area contributed by atoms with Crippen molar-refractivity contribution in [3.63, 3.8) is 0 Å². The second-order valence-corrected chi connectivity index (χ2v) is 5.72. The third-order valence-corrected chi connectivity index (χ3v) is 3.69. The maximum atomic E-state index is 9.49. The Morgan fingerprint density at radius 1 is 1.00 bits per heavy atom. The van der Waals surface area contributed by atoms with Gasteiger partial charge in [-0.3, -0.25) is 0 Å². The van der Waals surface area contributed by atoms with E-state index in [-0.39, 0.29) is 6.61 Å². The molecule has 112 valence electrons. The largest absolute Gasteiger partial charge is 0.390 e. The van der Waals surface area contributed by atoms with E-state index in [0.29, 0.717) is 22.3 Å². The maximum Gasteiger partial charge on any atom is 0.116 e. The van der Waals surface area contributed by atoms with E-state index in [1.807, 2.05) is 42.5 Å². The smallest absolute Gasteiger partial charge is 0.116 e. The quantitative estimate of drug-likeness (QED) is 0.790. The van der Waals surface area contributed by atoms with Gasteiger partial charge in [-0.05, 0) is 23.8 Å². The van der Waals surface area contributed by atoms with Crippen molar-refractivity contribution in [3.8, 4) is 11.3 Å². The molecule has 0 bridgehead atoms. The Hall–Kier alpha value is -1.88. The highest BCUT2D eigenvalue weighted by atomic mass is 35.5. The summed E-state index contributed by atoms with van der Waals surface area (Å²) in [5, 5.41) is 18.8. The van der Waals surface area contributed by atoms with Gasteiger partial charge in [0, 0.05) is 15.6 Å². The van der Waals surface area contributed by atoms with Crippen molar-refractivity contribution >= 4 is 23.2 Å². The van der Waals surface area contributed by atoms with E-state index in [2.05, 4.69) is 10.3 Å². The topological polar surface area (TPSA) is 50.9 Å². The summed E-state index contributed by atoms with van der Waals surface area (Å²) in [6.45, 7) is 0.304. The van der Waals surface area contributed by atoms with Gasteiger partial charge in [-0.25, -0.2) is 4.68 Å². The lowest BCUT2D eigenvalue weighted by Crippen LogP contribution is -2.04. The molecule has 0 aliphatic heterocycles. The molecule has 0 amide bonds. The van der Waals surface area contributed by atoms with Crippen LogP contribution < -0.4 is 0 Å². The van der Waals surface area contributed by atoms with Gasteiger partial charge in [-0.2, -0.15) is 0 Å². The minimum Gasteiger partial charge on any atom is -0.390 e. The summed E-state index contributed by atoms with van der Waals surface area (Å²) in [5.74, 6) is 0. The Balaban J connectivity index is 2.03. The van der Waals surface area contributed by atoms with Gasteiger partial charge in [0.15, 0.2) is 0 Å². The van der Waals surface area contributed by atoms with Crippen LogP contribution >= 0.6 is 23.2 Å². The van der Waals surface area contributed by atoms with Gasteiger partial charge in [0.25, 0.3) is 0 Å². The zero-order valence-electron chi connectivity index (χ0n) is 11.6. The summed E-state index contributed by atoms with van der Waals surface area (Å²) in [4.78, 5) is 0. The molecule has 3 aromatic rings. The molecule has 0 unspecified atom stereocenters. The van der Waals surface area contributed by atoms with E-state index in [1.54, 1.807) is 10.7 Å². The molecule has 4 nitrogen and oxygen atoms in total. The standard InChI is InChI=1S/C16H13Cl2N3O/c17-13-6-11(7-14(18)8-13)9-21-16(15(10-22)19-20-21)12-4-2-1-3-5-12/h1-8,22H,9-10H2. The van der Waals surface area contributed by atoms with Crippen LogP contribution in [0.15, 0.2) is 48.5 Å². The second-order valence-electron chi connectivity index (χ2n) is 4.84. The highest BCUT2D eigenvalue weighted by Gasteiger charge is 2.14. The molecule has 0 saturated carbocycles. The highest BCUT2D eigenvalue weighted by Crippen LogP contribution is 2.25. The monoisotopic (exact) mass is 333 g/mol. The molecule has 0 aliphatic carbocycles. The molecule has 0 radical (unpaired) electrons. The van der Waals surface area contributed by atoms with Crippen LogP contribution in [0.3, 0.4) is 0 Å². The summed E-state index contributed by atoms with van der Waals surface area (Å²) >= 11 is 12.1. The molecular weight excluding hydrogens is 321 g/mol. The first-order valence-corrected chi connectivity index (χ1v) is 7.46. The molecule has 1 aromatic heterocycles. The Morgan fingerprint density at radius 2 is 1.68 bits per heavy atom. The second kappa shape index (κ2) is 6.48. The van der Waals surface area contributed by atoms with Gasteiger partial charge >= 0.3 is 0 Å². The van der Waals surface area contributed by atoms with Crippen LogP contribution in [0.25, 0.3) is 11.3 Å². The van der Waals surface area contributed by atoms with Gasteiger partial charge < -0.3 is 5.11 Å². The van der Waals surface area contributed by atoms with Crippen molar-refractivity contribution < 1.29 is 5.11 Å². The highest BCUT2D eigenvalue weighted by molar-refractivity contribution is 6.34. The van der Waals surface area contributed by atoms with E-state index in [4.69, 9.17) is 23.2 Å². The lowest BCUT2D eigenvalue weighted by molar-refractivity contribution is 0.277. The Morgan fingerprint density at radius 3 is 2.32 bits per heavy atom. The number of hydrogen-bond acceptors (Lipinski definition) is 3. The molecule has 0 aliphatic rings. The first-order valence-electron chi connectivity index (χ1n) is 6.71. The van der Waals surface area contributed by atoms with Crippen molar-refractivity contribution in [2.75, 3.05) is 0 Å². The Kier molecular flexibility index (Phi) is 4.43. The van der Waals surface area contributed by atoms with Crippen LogP contribution in [0.4, 0.5) is 0 Å². The predicted octanol–water partition coefficient (Wildman–Crippen LogP) is 3.79. The van der Waals surface area contributed by atoms with Crippen molar-refractivity contribution in [2.45, 2.75) is 13.2 Å². The van der Waals surface area contributed by atoms with Crippen LogP contribution in [-0.2, 0) is 13.2 Å². The lowest BCUT2D eigenvalue weighted by atomic mass is 10.1. The van der Waals surface area contributed by atoms with E-state index >= 15 is 0 Å². The number of nitrogens with zero attached hydrogens (tertiary/aromatic N) is 3. The molecule has 2 aromatic carbocycles. The molecule has 3 rings (SSSR count). The molecule has 1 N–H and O–H groups in total.